The van der Waals surface area contributed by atoms with Gasteiger partial charge in [-0.3, -0.25) is 14.6 Å². The lowest BCUT2D eigenvalue weighted by Gasteiger charge is -2.21. The second-order valence-corrected chi connectivity index (χ2v) is 5.03. The van der Waals surface area contributed by atoms with Crippen molar-refractivity contribution in [2.24, 2.45) is 0 Å². The lowest BCUT2D eigenvalue weighted by molar-refractivity contribution is -0.121. The number of halogens is 1. The maximum atomic E-state index is 13.3. The second-order valence-electron chi connectivity index (χ2n) is 5.03. The molecule has 2 aromatic rings. The molecule has 0 radical (unpaired) electrons. The Morgan fingerprint density at radius 3 is 2.61 bits per heavy atom. The van der Waals surface area contributed by atoms with Crippen molar-refractivity contribution in [1.29, 1.82) is 0 Å². The van der Waals surface area contributed by atoms with Crippen LogP contribution in [0.3, 0.4) is 0 Å². The predicted octanol–water partition coefficient (Wildman–Crippen LogP) is 2.28. The minimum absolute atomic E-state index is 0.140. The van der Waals surface area contributed by atoms with E-state index in [9.17, 15) is 14.0 Å². The summed E-state index contributed by atoms with van der Waals surface area (Å²) in [5.41, 5.74) is 1.39. The van der Waals surface area contributed by atoms with Crippen molar-refractivity contribution >= 4 is 17.5 Å². The molecule has 0 aliphatic carbocycles. The Kier molecular flexibility index (Phi) is 5.80. The number of benzene rings is 1. The molecule has 0 spiro atoms. The van der Waals surface area contributed by atoms with Gasteiger partial charge < -0.3 is 10.2 Å². The second kappa shape index (κ2) is 8.03. The third-order valence-electron chi connectivity index (χ3n) is 3.30. The van der Waals surface area contributed by atoms with Crippen LogP contribution in [0.25, 0.3) is 0 Å². The van der Waals surface area contributed by atoms with E-state index in [0.29, 0.717) is 12.2 Å². The number of aromatic nitrogens is 1. The van der Waals surface area contributed by atoms with Crippen molar-refractivity contribution in [3.63, 3.8) is 0 Å². The molecule has 0 saturated carbocycles. The monoisotopic (exact) mass is 315 g/mol. The molecule has 0 saturated heterocycles. The Morgan fingerprint density at radius 2 is 1.96 bits per heavy atom. The summed E-state index contributed by atoms with van der Waals surface area (Å²) in [5, 5.41) is 2.78. The quantitative estimate of drug-likeness (QED) is 0.889. The summed E-state index contributed by atoms with van der Waals surface area (Å²) in [6.45, 7) is 1.99. The first-order chi connectivity index (χ1) is 11.1. The highest BCUT2D eigenvalue weighted by molar-refractivity contribution is 5.92. The first-order valence-corrected chi connectivity index (χ1v) is 7.25. The van der Waals surface area contributed by atoms with Crippen LogP contribution in [0.1, 0.15) is 18.9 Å². The number of nitrogens with zero attached hydrogens (tertiary/aromatic N) is 2. The summed E-state index contributed by atoms with van der Waals surface area (Å²) in [6, 6.07) is 9.38. The van der Waals surface area contributed by atoms with Gasteiger partial charge in [-0.1, -0.05) is 6.07 Å². The maximum Gasteiger partial charge on any atom is 0.223 e. The third-order valence-corrected chi connectivity index (χ3v) is 3.30. The van der Waals surface area contributed by atoms with Gasteiger partial charge in [0.2, 0.25) is 11.8 Å². The number of anilines is 1. The fourth-order valence-corrected chi connectivity index (χ4v) is 2.12. The Morgan fingerprint density at radius 1 is 1.22 bits per heavy atom. The van der Waals surface area contributed by atoms with E-state index < -0.39 is 5.82 Å². The fourth-order valence-electron chi connectivity index (χ4n) is 2.12. The third kappa shape index (κ3) is 5.18. The van der Waals surface area contributed by atoms with Gasteiger partial charge in [-0.25, -0.2) is 4.39 Å². The molecular weight excluding hydrogens is 297 g/mol. The van der Waals surface area contributed by atoms with Gasteiger partial charge in [0, 0.05) is 44.5 Å². The summed E-state index contributed by atoms with van der Waals surface area (Å²) >= 11 is 0. The van der Waals surface area contributed by atoms with Gasteiger partial charge in [-0.15, -0.1) is 0 Å². The van der Waals surface area contributed by atoms with E-state index >= 15 is 0 Å². The minimum Gasteiger partial charge on any atom is -0.352 e. The number of amides is 2. The fraction of sp³-hybridized carbons (Fsp3) is 0.235. The molecule has 0 aliphatic heterocycles. The van der Waals surface area contributed by atoms with Gasteiger partial charge in [-0.05, 0) is 35.9 Å². The number of hydrogen-bond donors (Lipinski definition) is 1. The highest BCUT2D eigenvalue weighted by Gasteiger charge is 2.13. The van der Waals surface area contributed by atoms with Gasteiger partial charge in [-0.2, -0.15) is 0 Å². The van der Waals surface area contributed by atoms with Crippen LogP contribution < -0.4 is 10.2 Å². The Bertz CT molecular complexity index is 677. The molecule has 0 atom stereocenters. The maximum absolute atomic E-state index is 13.3. The standard InChI is InChI=1S/C17H18FN3O2/c1-13(22)21(16-4-2-3-15(18)11-16)10-7-17(23)20-12-14-5-8-19-9-6-14/h2-6,8-9,11H,7,10,12H2,1H3,(H,20,23). The molecular formula is C17H18FN3O2. The van der Waals surface area contributed by atoms with E-state index in [4.69, 9.17) is 0 Å². The van der Waals surface area contributed by atoms with E-state index in [-0.39, 0.29) is 24.8 Å². The molecule has 1 heterocycles. The summed E-state index contributed by atoms with van der Waals surface area (Å²) in [7, 11) is 0. The zero-order chi connectivity index (χ0) is 16.7. The molecule has 6 heteroatoms. The first-order valence-electron chi connectivity index (χ1n) is 7.25. The van der Waals surface area contributed by atoms with E-state index in [1.54, 1.807) is 18.5 Å². The molecule has 2 amide bonds. The summed E-state index contributed by atoms with van der Waals surface area (Å²) in [4.78, 5) is 28.9. The Balaban J connectivity index is 1.89. The van der Waals surface area contributed by atoms with Crippen LogP contribution in [0.2, 0.25) is 0 Å². The Labute approximate surface area is 134 Å². The van der Waals surface area contributed by atoms with Crippen LogP contribution in [0.15, 0.2) is 48.8 Å². The largest absolute Gasteiger partial charge is 0.352 e. The first kappa shape index (κ1) is 16.6. The van der Waals surface area contributed by atoms with E-state index in [0.717, 1.165) is 5.56 Å². The van der Waals surface area contributed by atoms with Gasteiger partial charge in [0.05, 0.1) is 0 Å². The minimum atomic E-state index is -0.420. The number of carbonyl (C=O) groups excluding carboxylic acids is 2. The predicted molar refractivity (Wildman–Crippen MR) is 85.1 cm³/mol. The average molecular weight is 315 g/mol. The van der Waals surface area contributed by atoms with Crippen LogP contribution in [-0.2, 0) is 16.1 Å². The number of hydrogen-bond acceptors (Lipinski definition) is 3. The van der Waals surface area contributed by atoms with Crippen molar-refractivity contribution in [3.8, 4) is 0 Å². The molecule has 0 unspecified atom stereocenters. The van der Waals surface area contributed by atoms with Crippen LogP contribution in [0.4, 0.5) is 10.1 Å². The molecule has 23 heavy (non-hydrogen) atoms. The highest BCUT2D eigenvalue weighted by Crippen LogP contribution is 2.16. The van der Waals surface area contributed by atoms with Crippen LogP contribution in [0, 0.1) is 5.82 Å². The van der Waals surface area contributed by atoms with Crippen LogP contribution >= 0.6 is 0 Å². The zero-order valence-electron chi connectivity index (χ0n) is 12.8. The normalized spacial score (nSPS) is 10.2. The number of carbonyl (C=O) groups is 2. The van der Waals surface area contributed by atoms with E-state index in [2.05, 4.69) is 10.3 Å². The number of pyridine rings is 1. The summed E-state index contributed by atoms with van der Waals surface area (Å²) in [5.74, 6) is -0.835. The van der Waals surface area contributed by atoms with Gasteiger partial charge in [0.1, 0.15) is 5.82 Å². The molecule has 1 aromatic carbocycles. The molecule has 2 rings (SSSR count). The van der Waals surface area contributed by atoms with Crippen LogP contribution in [0.5, 0.6) is 0 Å². The van der Waals surface area contributed by atoms with E-state index in [1.807, 2.05) is 12.1 Å². The molecule has 0 fully saturated rings. The molecule has 1 N–H and O–H groups in total. The van der Waals surface area contributed by atoms with Gasteiger partial charge in [0.15, 0.2) is 0 Å². The topological polar surface area (TPSA) is 62.3 Å². The molecule has 120 valence electrons. The average Bonchev–Trinajstić information content (AvgIpc) is 2.54. The van der Waals surface area contributed by atoms with Crippen molar-refractivity contribution in [2.75, 3.05) is 11.4 Å². The van der Waals surface area contributed by atoms with Gasteiger partial charge >= 0.3 is 0 Å². The summed E-state index contributed by atoms with van der Waals surface area (Å²) in [6.07, 6.45) is 3.45. The highest BCUT2D eigenvalue weighted by atomic mass is 19.1. The number of nitrogens with one attached hydrogen (secondary N) is 1. The smallest absolute Gasteiger partial charge is 0.223 e. The lowest BCUT2D eigenvalue weighted by Crippen LogP contribution is -2.33. The number of rotatable bonds is 6. The lowest BCUT2D eigenvalue weighted by atomic mass is 10.2. The molecule has 0 bridgehead atoms. The zero-order valence-corrected chi connectivity index (χ0v) is 12.8. The summed E-state index contributed by atoms with van der Waals surface area (Å²) < 4.78 is 13.3. The van der Waals surface area contributed by atoms with Crippen LogP contribution in [-0.4, -0.2) is 23.3 Å². The molecule has 5 nitrogen and oxygen atoms in total. The Hall–Kier alpha value is -2.76. The van der Waals surface area contributed by atoms with Crippen molar-refractivity contribution in [1.82, 2.24) is 10.3 Å². The molecule has 1 aromatic heterocycles. The van der Waals surface area contributed by atoms with Crippen molar-refractivity contribution in [2.45, 2.75) is 19.9 Å². The van der Waals surface area contributed by atoms with Gasteiger partial charge in [0.25, 0.3) is 0 Å². The van der Waals surface area contributed by atoms with Crippen molar-refractivity contribution < 1.29 is 14.0 Å². The SMILES string of the molecule is CC(=O)N(CCC(=O)NCc1ccncc1)c1cccc(F)c1. The van der Waals surface area contributed by atoms with Crippen molar-refractivity contribution in [3.05, 3.63) is 60.2 Å². The molecule has 0 aliphatic rings. The van der Waals surface area contributed by atoms with E-state index in [1.165, 1.54) is 30.0 Å².